The minimum absolute atomic E-state index is 0.00562. The summed E-state index contributed by atoms with van der Waals surface area (Å²) in [7, 11) is -2.47. The van der Waals surface area contributed by atoms with Gasteiger partial charge < -0.3 is 19.8 Å². The molecule has 1 heterocycles. The van der Waals surface area contributed by atoms with Crippen LogP contribution in [0.5, 0.6) is 5.75 Å². The molecule has 30 heavy (non-hydrogen) atoms. The zero-order valence-electron chi connectivity index (χ0n) is 17.4. The Morgan fingerprint density at radius 3 is 2.60 bits per heavy atom. The van der Waals surface area contributed by atoms with Crippen LogP contribution >= 0.6 is 12.2 Å². The van der Waals surface area contributed by atoms with Crippen LogP contribution in [-0.4, -0.2) is 33.1 Å². The summed E-state index contributed by atoms with van der Waals surface area (Å²) in [6.07, 6.45) is 3.82. The minimum atomic E-state index is -3.98. The third-order valence-corrected chi connectivity index (χ3v) is 6.08. The normalized spacial score (nSPS) is 11.6. The molecule has 0 saturated carbocycles. The largest absolute Gasteiger partial charge is 0.492 e. The highest BCUT2D eigenvalue weighted by molar-refractivity contribution is 7.92. The van der Waals surface area contributed by atoms with Gasteiger partial charge in [0.2, 0.25) is 5.91 Å². The molecule has 10 heteroatoms. The van der Waals surface area contributed by atoms with E-state index in [4.69, 9.17) is 21.4 Å². The molecule has 0 atom stereocenters. The van der Waals surface area contributed by atoms with Gasteiger partial charge in [-0.1, -0.05) is 13.0 Å². The van der Waals surface area contributed by atoms with Crippen LogP contribution in [0.2, 0.25) is 0 Å². The van der Waals surface area contributed by atoms with E-state index in [0.717, 1.165) is 12.0 Å². The lowest BCUT2D eigenvalue weighted by Gasteiger charge is -2.25. The topological polar surface area (TPSA) is 110 Å². The number of rotatable bonds is 9. The van der Waals surface area contributed by atoms with Crippen molar-refractivity contribution in [3.05, 3.63) is 47.9 Å². The van der Waals surface area contributed by atoms with Crippen molar-refractivity contribution in [2.75, 3.05) is 13.7 Å². The van der Waals surface area contributed by atoms with E-state index in [1.807, 2.05) is 20.8 Å². The van der Waals surface area contributed by atoms with E-state index in [2.05, 4.69) is 15.4 Å². The number of carbonyl (C=O) groups excluding carboxylic acids is 1. The van der Waals surface area contributed by atoms with Crippen LogP contribution in [0, 0.1) is 0 Å². The Hall–Kier alpha value is -2.59. The quantitative estimate of drug-likeness (QED) is 0.500. The predicted molar refractivity (Wildman–Crippen MR) is 118 cm³/mol. The highest BCUT2D eigenvalue weighted by atomic mass is 32.2. The number of hydrogen-bond donors (Lipinski definition) is 3. The molecule has 0 aliphatic carbocycles. The average Bonchev–Trinajstić information content (AvgIpc) is 3.22. The monoisotopic (exact) mass is 453 g/mol. The number of nitrogens with one attached hydrogen (secondary N) is 3. The number of furan rings is 1. The molecule has 164 valence electrons. The lowest BCUT2D eigenvalue weighted by molar-refractivity contribution is -0.122. The van der Waals surface area contributed by atoms with Crippen LogP contribution in [0.4, 0.5) is 0 Å². The first-order valence-electron chi connectivity index (χ1n) is 9.43. The summed E-state index contributed by atoms with van der Waals surface area (Å²) >= 11 is 4.92. The van der Waals surface area contributed by atoms with Gasteiger partial charge in [-0.15, -0.1) is 0 Å². The maximum Gasteiger partial charge on any atom is 0.267 e. The summed E-state index contributed by atoms with van der Waals surface area (Å²) in [5.74, 6) is -0.0587. The van der Waals surface area contributed by atoms with E-state index in [9.17, 15) is 13.2 Å². The zero-order valence-corrected chi connectivity index (χ0v) is 19.1. The van der Waals surface area contributed by atoms with Crippen LogP contribution < -0.4 is 20.1 Å². The SMILES string of the molecule is CCCOc1ccc(CC(=O)NC(C)(C)c2ccoc2)cc1S(=O)(=O)NC(=S)NC. The Bertz CT molecular complexity index is 986. The van der Waals surface area contributed by atoms with Gasteiger partial charge in [0.25, 0.3) is 10.0 Å². The van der Waals surface area contributed by atoms with Crippen molar-refractivity contribution in [3.8, 4) is 5.75 Å². The summed E-state index contributed by atoms with van der Waals surface area (Å²) in [5.41, 5.74) is 0.714. The van der Waals surface area contributed by atoms with Crippen LogP contribution in [0.25, 0.3) is 0 Å². The second-order valence-electron chi connectivity index (χ2n) is 7.18. The van der Waals surface area contributed by atoms with E-state index < -0.39 is 15.6 Å². The highest BCUT2D eigenvalue weighted by Gasteiger charge is 2.25. The molecule has 0 fully saturated rings. The molecule has 2 rings (SSSR count). The van der Waals surface area contributed by atoms with Crippen LogP contribution in [0.3, 0.4) is 0 Å². The summed E-state index contributed by atoms with van der Waals surface area (Å²) in [5, 5.41) is 5.46. The summed E-state index contributed by atoms with van der Waals surface area (Å²) in [6, 6.07) is 6.43. The average molecular weight is 454 g/mol. The van der Waals surface area contributed by atoms with Crippen LogP contribution in [-0.2, 0) is 26.8 Å². The molecule has 0 radical (unpaired) electrons. The first-order chi connectivity index (χ1) is 14.1. The lowest BCUT2D eigenvalue weighted by atomic mass is 9.97. The summed E-state index contributed by atoms with van der Waals surface area (Å²) in [4.78, 5) is 12.5. The molecule has 1 amide bonds. The Balaban J connectivity index is 2.26. The Morgan fingerprint density at radius 1 is 1.27 bits per heavy atom. The Kier molecular flexibility index (Phi) is 7.85. The van der Waals surface area contributed by atoms with Crippen LogP contribution in [0.1, 0.15) is 38.3 Å². The maximum atomic E-state index is 12.8. The molecule has 1 aromatic carbocycles. The Labute approximate surface area is 182 Å². The molecule has 0 spiro atoms. The fourth-order valence-corrected chi connectivity index (χ4v) is 4.19. The number of thiocarbonyl (C=S) groups is 1. The smallest absolute Gasteiger partial charge is 0.267 e. The van der Waals surface area contributed by atoms with Crippen molar-refractivity contribution in [2.45, 2.75) is 44.0 Å². The van der Waals surface area contributed by atoms with Gasteiger partial charge in [0.1, 0.15) is 10.6 Å². The second kappa shape index (κ2) is 9.94. The molecule has 2 aromatic rings. The van der Waals surface area contributed by atoms with Crippen molar-refractivity contribution in [3.63, 3.8) is 0 Å². The highest BCUT2D eigenvalue weighted by Crippen LogP contribution is 2.26. The summed E-state index contributed by atoms with van der Waals surface area (Å²) in [6.45, 7) is 5.99. The molecule has 0 unspecified atom stereocenters. The fraction of sp³-hybridized carbons (Fsp3) is 0.400. The van der Waals surface area contributed by atoms with Gasteiger partial charge in [-0.05, 0) is 56.2 Å². The molecule has 8 nitrogen and oxygen atoms in total. The fourth-order valence-electron chi connectivity index (χ4n) is 2.70. The predicted octanol–water partition coefficient (Wildman–Crippen LogP) is 2.45. The van der Waals surface area contributed by atoms with Crippen molar-refractivity contribution in [1.82, 2.24) is 15.4 Å². The van der Waals surface area contributed by atoms with Gasteiger partial charge >= 0.3 is 0 Å². The molecule has 0 saturated heterocycles. The van der Waals surface area contributed by atoms with Gasteiger partial charge in [-0.2, -0.15) is 0 Å². The van der Waals surface area contributed by atoms with E-state index in [-0.39, 0.29) is 28.1 Å². The number of sulfonamides is 1. The zero-order chi connectivity index (χ0) is 22.4. The van der Waals surface area contributed by atoms with Gasteiger partial charge in [-0.25, -0.2) is 8.42 Å². The van der Waals surface area contributed by atoms with Gasteiger partial charge in [0.05, 0.1) is 31.1 Å². The van der Waals surface area contributed by atoms with Crippen molar-refractivity contribution < 1.29 is 22.4 Å². The molecule has 0 aliphatic heterocycles. The summed E-state index contributed by atoms with van der Waals surface area (Å²) < 4.78 is 38.5. The van der Waals surface area contributed by atoms with Crippen LogP contribution in [0.15, 0.2) is 46.1 Å². The number of hydrogen-bond acceptors (Lipinski definition) is 6. The van der Waals surface area contributed by atoms with Crippen molar-refractivity contribution in [2.24, 2.45) is 0 Å². The third kappa shape index (κ3) is 6.20. The van der Waals surface area contributed by atoms with E-state index in [1.54, 1.807) is 24.5 Å². The number of amides is 1. The number of carbonyl (C=O) groups is 1. The third-order valence-electron chi connectivity index (χ3n) is 4.27. The van der Waals surface area contributed by atoms with E-state index in [0.29, 0.717) is 12.2 Å². The first-order valence-corrected chi connectivity index (χ1v) is 11.3. The van der Waals surface area contributed by atoms with Gasteiger partial charge in [0, 0.05) is 12.6 Å². The molecule has 3 N–H and O–H groups in total. The van der Waals surface area contributed by atoms with Gasteiger partial charge in [0.15, 0.2) is 5.11 Å². The number of ether oxygens (including phenoxy) is 1. The standard InChI is InChI=1S/C20H27N3O5S2/c1-5-9-28-16-7-6-14(11-17(16)30(25,26)23-19(29)21-4)12-18(24)22-20(2,3)15-8-10-27-13-15/h6-8,10-11,13H,5,9,12H2,1-4H3,(H,22,24)(H2,21,23,29). The van der Waals surface area contributed by atoms with Crippen molar-refractivity contribution >= 4 is 33.3 Å². The van der Waals surface area contributed by atoms with E-state index >= 15 is 0 Å². The molecular formula is C20H27N3O5S2. The van der Waals surface area contributed by atoms with Crippen molar-refractivity contribution in [1.29, 1.82) is 0 Å². The molecular weight excluding hydrogens is 426 g/mol. The molecule has 1 aromatic heterocycles. The Morgan fingerprint density at radius 2 is 2.00 bits per heavy atom. The molecule has 0 bridgehead atoms. The van der Waals surface area contributed by atoms with Gasteiger partial charge in [-0.3, -0.25) is 9.52 Å². The minimum Gasteiger partial charge on any atom is -0.492 e. The second-order valence-corrected chi connectivity index (χ2v) is 9.24. The maximum absolute atomic E-state index is 12.8. The lowest BCUT2D eigenvalue weighted by Crippen LogP contribution is -2.41. The first kappa shape index (κ1) is 23.7. The molecule has 0 aliphatic rings. The van der Waals surface area contributed by atoms with E-state index in [1.165, 1.54) is 19.4 Å². The number of benzene rings is 1.